The van der Waals surface area contributed by atoms with Crippen LogP contribution in [0.2, 0.25) is 0 Å². The van der Waals surface area contributed by atoms with Crippen molar-refractivity contribution in [2.75, 3.05) is 11.9 Å². The average Bonchev–Trinajstić information content (AvgIpc) is 2.82. The molecule has 0 radical (unpaired) electrons. The molecule has 0 aliphatic heterocycles. The topological polar surface area (TPSA) is 131 Å². The second-order valence-corrected chi connectivity index (χ2v) is 10.8. The van der Waals surface area contributed by atoms with Crippen molar-refractivity contribution in [3.63, 3.8) is 0 Å². The van der Waals surface area contributed by atoms with Crippen LogP contribution in [-0.4, -0.2) is 46.9 Å². The number of alkyl carbamates (subject to hydrolysis) is 1. The van der Waals surface area contributed by atoms with Gasteiger partial charge in [0.05, 0.1) is 0 Å². The zero-order chi connectivity index (χ0) is 29.5. The Morgan fingerprint density at radius 3 is 2.08 bits per heavy atom. The van der Waals surface area contributed by atoms with Crippen molar-refractivity contribution in [3.8, 4) is 0 Å². The van der Waals surface area contributed by atoms with E-state index in [2.05, 4.69) is 10.6 Å². The molecule has 2 aromatic carbocycles. The van der Waals surface area contributed by atoms with Gasteiger partial charge in [0.25, 0.3) is 5.91 Å². The molecule has 2 atom stereocenters. The smallest absolute Gasteiger partial charge is 0.408 e. The summed E-state index contributed by atoms with van der Waals surface area (Å²) >= 11 is 0. The molecule has 2 unspecified atom stereocenters. The normalized spacial score (nSPS) is 12.7. The van der Waals surface area contributed by atoms with Crippen molar-refractivity contribution in [3.05, 3.63) is 64.2 Å². The van der Waals surface area contributed by atoms with Gasteiger partial charge in [-0.3, -0.25) is 14.4 Å². The Balaban J connectivity index is 2.54. The van der Waals surface area contributed by atoms with Gasteiger partial charge in [0.1, 0.15) is 17.7 Å². The Bertz CT molecular complexity index is 1200. The monoisotopic (exact) mass is 538 g/mol. The molecule has 4 N–H and O–H groups in total. The summed E-state index contributed by atoms with van der Waals surface area (Å²) < 4.78 is 5.35. The van der Waals surface area contributed by atoms with E-state index in [0.29, 0.717) is 11.3 Å². The molecule has 212 valence electrons. The van der Waals surface area contributed by atoms with Crippen LogP contribution in [0.5, 0.6) is 0 Å². The summed E-state index contributed by atoms with van der Waals surface area (Å²) in [5.74, 6) is -1.53. The fourth-order valence-corrected chi connectivity index (χ4v) is 4.27. The standard InChI is InChI=1S/C30H42N4O5/c1-9-34(28(37)23(15-16-24(31)35)32-29(38)39-30(6,7)8)26(22-14-13-18(2)21(5)17-22)27(36)33-25-19(3)11-10-12-20(25)4/h10-14,17,23,26H,9,15-16H2,1-8H3,(H2,31,35)(H,32,38)(H,33,36). The Hall–Kier alpha value is -3.88. The summed E-state index contributed by atoms with van der Waals surface area (Å²) in [5, 5.41) is 5.61. The number of para-hydroxylation sites is 1. The minimum Gasteiger partial charge on any atom is -0.444 e. The number of aryl methyl sites for hydroxylation is 4. The maximum absolute atomic E-state index is 14.0. The van der Waals surface area contributed by atoms with E-state index in [-0.39, 0.29) is 19.4 Å². The van der Waals surface area contributed by atoms with Gasteiger partial charge in [0.2, 0.25) is 11.8 Å². The van der Waals surface area contributed by atoms with Gasteiger partial charge in [-0.2, -0.15) is 0 Å². The highest BCUT2D eigenvalue weighted by molar-refractivity contribution is 6.00. The third-order valence-electron chi connectivity index (χ3n) is 6.43. The first-order chi connectivity index (χ1) is 18.1. The highest BCUT2D eigenvalue weighted by Gasteiger charge is 2.36. The first-order valence-corrected chi connectivity index (χ1v) is 13.2. The predicted octanol–water partition coefficient (Wildman–Crippen LogP) is 4.61. The van der Waals surface area contributed by atoms with Gasteiger partial charge in [-0.05, 0) is 89.6 Å². The third kappa shape index (κ3) is 8.84. The fourth-order valence-electron chi connectivity index (χ4n) is 4.27. The molecule has 39 heavy (non-hydrogen) atoms. The van der Waals surface area contributed by atoms with Gasteiger partial charge < -0.3 is 26.0 Å². The van der Waals surface area contributed by atoms with Gasteiger partial charge in [0.15, 0.2) is 0 Å². The van der Waals surface area contributed by atoms with E-state index in [0.717, 1.165) is 22.3 Å². The van der Waals surface area contributed by atoms with Crippen LogP contribution in [0.25, 0.3) is 0 Å². The second-order valence-electron chi connectivity index (χ2n) is 10.8. The zero-order valence-electron chi connectivity index (χ0n) is 24.3. The van der Waals surface area contributed by atoms with Crippen LogP contribution < -0.4 is 16.4 Å². The first kappa shape index (κ1) is 31.3. The maximum atomic E-state index is 14.0. The molecule has 0 saturated carbocycles. The Kier molecular flexibility index (Phi) is 10.7. The van der Waals surface area contributed by atoms with E-state index >= 15 is 0 Å². The Morgan fingerprint density at radius 1 is 0.949 bits per heavy atom. The molecule has 0 bridgehead atoms. The molecular weight excluding hydrogens is 496 g/mol. The quantitative estimate of drug-likeness (QED) is 0.407. The number of amides is 4. The number of nitrogens with two attached hydrogens (primary N) is 1. The maximum Gasteiger partial charge on any atom is 0.408 e. The lowest BCUT2D eigenvalue weighted by molar-refractivity contribution is -0.140. The van der Waals surface area contributed by atoms with E-state index in [1.807, 2.05) is 64.1 Å². The number of rotatable bonds is 10. The van der Waals surface area contributed by atoms with Gasteiger partial charge in [-0.25, -0.2) is 4.79 Å². The van der Waals surface area contributed by atoms with Gasteiger partial charge in [0, 0.05) is 18.7 Å². The predicted molar refractivity (Wildman–Crippen MR) is 152 cm³/mol. The van der Waals surface area contributed by atoms with Crippen LogP contribution in [0.3, 0.4) is 0 Å². The van der Waals surface area contributed by atoms with E-state index in [1.54, 1.807) is 27.7 Å². The van der Waals surface area contributed by atoms with E-state index < -0.39 is 41.5 Å². The van der Waals surface area contributed by atoms with Gasteiger partial charge >= 0.3 is 6.09 Å². The van der Waals surface area contributed by atoms with Gasteiger partial charge in [-0.1, -0.05) is 36.4 Å². The minimum absolute atomic E-state index is 0.0396. The van der Waals surface area contributed by atoms with Crippen molar-refractivity contribution < 1.29 is 23.9 Å². The third-order valence-corrected chi connectivity index (χ3v) is 6.43. The van der Waals surface area contributed by atoms with E-state index in [1.165, 1.54) is 4.90 Å². The molecule has 0 saturated heterocycles. The van der Waals surface area contributed by atoms with Gasteiger partial charge in [-0.15, -0.1) is 0 Å². The summed E-state index contributed by atoms with van der Waals surface area (Å²) in [6.45, 7) is 14.8. The summed E-state index contributed by atoms with van der Waals surface area (Å²) in [6.07, 6.45) is -0.974. The number of carbonyl (C=O) groups excluding carboxylic acids is 4. The lowest BCUT2D eigenvalue weighted by Crippen LogP contribution is -2.52. The van der Waals surface area contributed by atoms with E-state index in [4.69, 9.17) is 10.5 Å². The largest absolute Gasteiger partial charge is 0.444 e. The van der Waals surface area contributed by atoms with Crippen molar-refractivity contribution in [1.29, 1.82) is 0 Å². The highest BCUT2D eigenvalue weighted by atomic mass is 16.6. The minimum atomic E-state index is -1.13. The molecule has 4 amide bonds. The number of benzene rings is 2. The molecular formula is C30H42N4O5. The average molecular weight is 539 g/mol. The van der Waals surface area contributed by atoms with Crippen LogP contribution in [0.1, 0.15) is 74.4 Å². The number of primary amides is 1. The van der Waals surface area contributed by atoms with Crippen molar-refractivity contribution >= 4 is 29.5 Å². The van der Waals surface area contributed by atoms with Crippen molar-refractivity contribution in [1.82, 2.24) is 10.2 Å². The van der Waals surface area contributed by atoms with Crippen molar-refractivity contribution in [2.45, 2.75) is 85.9 Å². The molecule has 0 aromatic heterocycles. The highest BCUT2D eigenvalue weighted by Crippen LogP contribution is 2.28. The number of likely N-dealkylation sites (N-methyl/N-ethyl adjacent to an activating group) is 1. The number of anilines is 1. The zero-order valence-corrected chi connectivity index (χ0v) is 24.3. The molecule has 2 rings (SSSR count). The van der Waals surface area contributed by atoms with E-state index in [9.17, 15) is 19.2 Å². The summed E-state index contributed by atoms with van der Waals surface area (Å²) in [7, 11) is 0. The summed E-state index contributed by atoms with van der Waals surface area (Å²) in [4.78, 5) is 53.5. The Labute approximate surface area is 231 Å². The Morgan fingerprint density at radius 2 is 1.56 bits per heavy atom. The molecule has 0 heterocycles. The second kappa shape index (κ2) is 13.3. The van der Waals surface area contributed by atoms with Crippen LogP contribution in [-0.2, 0) is 19.1 Å². The summed E-state index contributed by atoms with van der Waals surface area (Å²) in [5.41, 5.74) is 9.67. The molecule has 9 nitrogen and oxygen atoms in total. The molecule has 0 spiro atoms. The molecule has 0 aliphatic carbocycles. The van der Waals surface area contributed by atoms with Crippen LogP contribution >= 0.6 is 0 Å². The number of hydrogen-bond acceptors (Lipinski definition) is 5. The number of ether oxygens (including phenoxy) is 1. The van der Waals surface area contributed by atoms with Crippen molar-refractivity contribution in [2.24, 2.45) is 5.73 Å². The number of carbonyl (C=O) groups is 4. The van der Waals surface area contributed by atoms with Crippen LogP contribution in [0.4, 0.5) is 10.5 Å². The molecule has 0 fully saturated rings. The first-order valence-electron chi connectivity index (χ1n) is 13.2. The fraction of sp³-hybridized carbons (Fsp3) is 0.467. The SMILES string of the molecule is CCN(C(=O)C(CCC(N)=O)NC(=O)OC(C)(C)C)C(C(=O)Nc1c(C)cccc1C)c1ccc(C)c(C)c1. The molecule has 0 aliphatic rings. The van der Waals surface area contributed by atoms with Crippen LogP contribution in [0, 0.1) is 27.7 Å². The summed E-state index contributed by atoms with van der Waals surface area (Å²) in [6, 6.07) is 9.21. The number of nitrogens with zero attached hydrogens (tertiary/aromatic N) is 1. The molecule has 9 heteroatoms. The lowest BCUT2D eigenvalue weighted by Gasteiger charge is -2.34. The van der Waals surface area contributed by atoms with Crippen LogP contribution in [0.15, 0.2) is 36.4 Å². The number of hydrogen-bond donors (Lipinski definition) is 3. The number of nitrogens with one attached hydrogen (secondary N) is 2. The lowest BCUT2D eigenvalue weighted by atomic mass is 9.97. The molecule has 2 aromatic rings.